The molecule has 1 N–H and O–H groups in total. The van der Waals surface area contributed by atoms with Crippen LogP contribution in [0.3, 0.4) is 0 Å². The van der Waals surface area contributed by atoms with Crippen LogP contribution in [-0.2, 0) is 6.54 Å². The Hall–Kier alpha value is -1.87. The van der Waals surface area contributed by atoms with E-state index in [1.165, 1.54) is 22.3 Å². The molecule has 2 rings (SSSR count). The Morgan fingerprint density at radius 1 is 1.20 bits per heavy atom. The van der Waals surface area contributed by atoms with Crippen molar-refractivity contribution >= 4 is 0 Å². The van der Waals surface area contributed by atoms with Crippen LogP contribution in [0.15, 0.2) is 36.7 Å². The predicted octanol–water partition coefficient (Wildman–Crippen LogP) is 3.57. The van der Waals surface area contributed by atoms with E-state index in [0.29, 0.717) is 0 Å². The van der Waals surface area contributed by atoms with Crippen molar-refractivity contribution in [2.24, 2.45) is 0 Å². The van der Waals surface area contributed by atoms with Gasteiger partial charge in [0.1, 0.15) is 5.75 Å². The Bertz CT molecular complexity index is 567. The second kappa shape index (κ2) is 7.06. The van der Waals surface area contributed by atoms with Gasteiger partial charge < -0.3 is 10.1 Å². The van der Waals surface area contributed by atoms with E-state index in [9.17, 15) is 0 Å². The minimum atomic E-state index is 0.842. The lowest BCUT2D eigenvalue weighted by molar-refractivity contribution is 0.414. The summed E-state index contributed by atoms with van der Waals surface area (Å²) in [4.78, 5) is 4.25. The molecule has 0 aliphatic carbocycles. The number of ether oxygens (including phenoxy) is 1. The van der Waals surface area contributed by atoms with Crippen LogP contribution in [0, 0.1) is 6.92 Å². The molecule has 3 nitrogen and oxygen atoms in total. The largest absolute Gasteiger partial charge is 0.497 e. The van der Waals surface area contributed by atoms with Gasteiger partial charge in [0.05, 0.1) is 7.11 Å². The van der Waals surface area contributed by atoms with Crippen LogP contribution < -0.4 is 10.1 Å². The van der Waals surface area contributed by atoms with Gasteiger partial charge in [-0.25, -0.2) is 0 Å². The lowest BCUT2D eigenvalue weighted by atomic mass is 9.97. The highest BCUT2D eigenvalue weighted by atomic mass is 16.5. The molecule has 0 amide bonds. The summed E-state index contributed by atoms with van der Waals surface area (Å²) in [6.07, 6.45) is 4.89. The first-order valence-electron chi connectivity index (χ1n) is 7.05. The van der Waals surface area contributed by atoms with Gasteiger partial charge in [0.2, 0.25) is 0 Å². The lowest BCUT2D eigenvalue weighted by Gasteiger charge is -2.14. The fourth-order valence-corrected chi connectivity index (χ4v) is 2.25. The SMILES string of the molecule is CCCNCc1cc(OC)ccc1-c1cnccc1C. The molecule has 0 unspecified atom stereocenters. The molecule has 0 saturated heterocycles. The van der Waals surface area contributed by atoms with Crippen LogP contribution >= 0.6 is 0 Å². The molecule has 0 spiro atoms. The van der Waals surface area contributed by atoms with Crippen molar-refractivity contribution in [1.82, 2.24) is 10.3 Å². The smallest absolute Gasteiger partial charge is 0.119 e. The van der Waals surface area contributed by atoms with E-state index in [1.807, 2.05) is 24.5 Å². The molecule has 0 fully saturated rings. The van der Waals surface area contributed by atoms with Crippen LogP contribution in [0.1, 0.15) is 24.5 Å². The Morgan fingerprint density at radius 3 is 2.75 bits per heavy atom. The Kier molecular flexibility index (Phi) is 5.13. The first kappa shape index (κ1) is 14.5. The highest BCUT2D eigenvalue weighted by Gasteiger charge is 2.09. The quantitative estimate of drug-likeness (QED) is 0.815. The number of aromatic nitrogens is 1. The number of hydrogen-bond acceptors (Lipinski definition) is 3. The topological polar surface area (TPSA) is 34.1 Å². The molecular weight excluding hydrogens is 248 g/mol. The molecule has 20 heavy (non-hydrogen) atoms. The monoisotopic (exact) mass is 270 g/mol. The van der Waals surface area contributed by atoms with Gasteiger partial charge >= 0.3 is 0 Å². The number of hydrogen-bond donors (Lipinski definition) is 1. The summed E-state index contributed by atoms with van der Waals surface area (Å²) in [6, 6.07) is 8.27. The first-order valence-corrected chi connectivity index (χ1v) is 7.05. The van der Waals surface area contributed by atoms with Crippen molar-refractivity contribution in [1.29, 1.82) is 0 Å². The second-order valence-electron chi connectivity index (χ2n) is 4.89. The van der Waals surface area contributed by atoms with E-state index in [-0.39, 0.29) is 0 Å². The van der Waals surface area contributed by atoms with E-state index in [1.54, 1.807) is 7.11 Å². The van der Waals surface area contributed by atoms with Crippen LogP contribution in [0.5, 0.6) is 5.75 Å². The number of rotatable bonds is 6. The van der Waals surface area contributed by atoms with Crippen LogP contribution in [0.2, 0.25) is 0 Å². The van der Waals surface area contributed by atoms with Gasteiger partial charge in [-0.1, -0.05) is 13.0 Å². The zero-order chi connectivity index (χ0) is 14.4. The van der Waals surface area contributed by atoms with Gasteiger partial charge in [0.15, 0.2) is 0 Å². The van der Waals surface area contributed by atoms with Gasteiger partial charge in [-0.2, -0.15) is 0 Å². The fraction of sp³-hybridized carbons (Fsp3) is 0.353. The number of aryl methyl sites for hydroxylation is 1. The van der Waals surface area contributed by atoms with Crippen molar-refractivity contribution in [3.05, 3.63) is 47.8 Å². The zero-order valence-electron chi connectivity index (χ0n) is 12.4. The van der Waals surface area contributed by atoms with Gasteiger partial charge in [-0.15, -0.1) is 0 Å². The molecule has 0 atom stereocenters. The van der Waals surface area contributed by atoms with E-state index in [0.717, 1.165) is 25.3 Å². The third-order valence-electron chi connectivity index (χ3n) is 3.38. The molecule has 0 bridgehead atoms. The van der Waals surface area contributed by atoms with Crippen LogP contribution in [0.25, 0.3) is 11.1 Å². The minimum Gasteiger partial charge on any atom is -0.497 e. The lowest BCUT2D eigenvalue weighted by Crippen LogP contribution is -2.14. The molecule has 0 aliphatic rings. The van der Waals surface area contributed by atoms with Crippen molar-refractivity contribution in [3.8, 4) is 16.9 Å². The Balaban J connectivity index is 2.38. The normalized spacial score (nSPS) is 10.6. The molecule has 0 radical (unpaired) electrons. The number of nitrogens with zero attached hydrogens (tertiary/aromatic N) is 1. The maximum Gasteiger partial charge on any atom is 0.119 e. The van der Waals surface area contributed by atoms with E-state index >= 15 is 0 Å². The van der Waals surface area contributed by atoms with Gasteiger partial charge in [0, 0.05) is 24.5 Å². The molecule has 1 aromatic heterocycles. The van der Waals surface area contributed by atoms with Crippen molar-refractivity contribution in [3.63, 3.8) is 0 Å². The van der Waals surface area contributed by atoms with Crippen LogP contribution in [-0.4, -0.2) is 18.6 Å². The van der Waals surface area contributed by atoms with Crippen LogP contribution in [0.4, 0.5) is 0 Å². The number of pyridine rings is 1. The Labute approximate surface area is 121 Å². The molecule has 0 aliphatic heterocycles. The van der Waals surface area contributed by atoms with E-state index in [2.05, 4.69) is 36.3 Å². The maximum absolute atomic E-state index is 5.34. The summed E-state index contributed by atoms with van der Waals surface area (Å²) in [5.74, 6) is 0.892. The maximum atomic E-state index is 5.34. The molecular formula is C17H22N2O. The molecule has 1 aromatic carbocycles. The number of methoxy groups -OCH3 is 1. The van der Waals surface area contributed by atoms with Crippen molar-refractivity contribution in [2.75, 3.05) is 13.7 Å². The van der Waals surface area contributed by atoms with E-state index < -0.39 is 0 Å². The average molecular weight is 270 g/mol. The standard InChI is InChI=1S/C17H22N2O/c1-4-8-18-11-14-10-15(20-3)5-6-16(14)17-12-19-9-7-13(17)2/h5-7,9-10,12,18H,4,8,11H2,1-3H3. The van der Waals surface area contributed by atoms with Gasteiger partial charge in [-0.3, -0.25) is 4.98 Å². The highest BCUT2D eigenvalue weighted by Crippen LogP contribution is 2.29. The van der Waals surface area contributed by atoms with E-state index in [4.69, 9.17) is 4.74 Å². The van der Waals surface area contributed by atoms with Crippen molar-refractivity contribution in [2.45, 2.75) is 26.8 Å². The number of nitrogens with one attached hydrogen (secondary N) is 1. The second-order valence-corrected chi connectivity index (χ2v) is 4.89. The molecule has 1 heterocycles. The van der Waals surface area contributed by atoms with Gasteiger partial charge in [-0.05, 0) is 54.8 Å². The molecule has 0 saturated carbocycles. The minimum absolute atomic E-state index is 0.842. The average Bonchev–Trinajstić information content (AvgIpc) is 2.48. The third kappa shape index (κ3) is 3.36. The summed E-state index contributed by atoms with van der Waals surface area (Å²) >= 11 is 0. The summed E-state index contributed by atoms with van der Waals surface area (Å²) in [5, 5.41) is 3.46. The highest BCUT2D eigenvalue weighted by molar-refractivity contribution is 5.70. The fourth-order valence-electron chi connectivity index (χ4n) is 2.25. The summed E-state index contributed by atoms with van der Waals surface area (Å²) in [7, 11) is 1.70. The summed E-state index contributed by atoms with van der Waals surface area (Å²) < 4.78 is 5.34. The molecule has 3 heteroatoms. The van der Waals surface area contributed by atoms with Gasteiger partial charge in [0.25, 0.3) is 0 Å². The summed E-state index contributed by atoms with van der Waals surface area (Å²) in [5.41, 5.74) is 4.89. The summed E-state index contributed by atoms with van der Waals surface area (Å²) in [6.45, 7) is 6.15. The predicted molar refractivity (Wildman–Crippen MR) is 83.0 cm³/mol. The zero-order valence-corrected chi connectivity index (χ0v) is 12.4. The molecule has 2 aromatic rings. The number of benzene rings is 1. The Morgan fingerprint density at radius 2 is 2.05 bits per heavy atom. The molecule has 106 valence electrons. The first-order chi connectivity index (χ1) is 9.76. The third-order valence-corrected chi connectivity index (χ3v) is 3.38. The van der Waals surface area contributed by atoms with Crippen molar-refractivity contribution < 1.29 is 4.74 Å².